The molecule has 1 fully saturated rings. The van der Waals surface area contributed by atoms with Crippen molar-refractivity contribution in [3.05, 3.63) is 58.9 Å². The third-order valence-corrected chi connectivity index (χ3v) is 5.97. The molecule has 146 valence electrons. The van der Waals surface area contributed by atoms with Gasteiger partial charge in [-0.05, 0) is 73.9 Å². The Morgan fingerprint density at radius 2 is 1.93 bits per heavy atom. The van der Waals surface area contributed by atoms with Crippen LogP contribution in [0.3, 0.4) is 0 Å². The Balaban J connectivity index is 1.36. The van der Waals surface area contributed by atoms with Gasteiger partial charge in [-0.2, -0.15) is 0 Å². The number of aromatic amines is 1. The van der Waals surface area contributed by atoms with Crippen molar-refractivity contribution in [2.45, 2.75) is 39.5 Å². The lowest BCUT2D eigenvalue weighted by Crippen LogP contribution is -2.40. The Bertz CT molecular complexity index is 1000. The number of likely N-dealkylation sites (tertiary alicyclic amines) is 1. The number of carbonyl (C=O) groups excluding carboxylic acids is 1. The molecular weight excluding hydrogens is 350 g/mol. The first-order valence-corrected chi connectivity index (χ1v) is 9.94. The van der Waals surface area contributed by atoms with Crippen molar-refractivity contribution in [2.75, 3.05) is 19.7 Å². The summed E-state index contributed by atoms with van der Waals surface area (Å²) in [5.41, 5.74) is 6.76. The number of nitrogens with one attached hydrogen (secondary N) is 1. The molecule has 0 radical (unpaired) electrons. The molecule has 1 aliphatic rings. The standard InChI is InChI=1S/C23H27N3O2/c1-15-6-7-16(2)23(17(15)3)28-14-21(27)26-11-8-18(9-12-26)19-13-25-20-5-4-10-24-22(19)20/h4-7,10,13,18,25H,8-9,11-12,14H2,1-3H3. The minimum Gasteiger partial charge on any atom is -0.483 e. The van der Waals surface area contributed by atoms with E-state index in [1.54, 1.807) is 0 Å². The Kier molecular flexibility index (Phi) is 5.07. The number of H-pyrrole nitrogens is 1. The lowest BCUT2D eigenvalue weighted by atomic mass is 9.90. The molecule has 0 saturated carbocycles. The lowest BCUT2D eigenvalue weighted by Gasteiger charge is -2.32. The summed E-state index contributed by atoms with van der Waals surface area (Å²) < 4.78 is 5.91. The van der Waals surface area contributed by atoms with Gasteiger partial charge in [-0.25, -0.2) is 0 Å². The minimum atomic E-state index is 0.0656. The second-order valence-corrected chi connectivity index (χ2v) is 7.74. The van der Waals surface area contributed by atoms with Gasteiger partial charge >= 0.3 is 0 Å². The van der Waals surface area contributed by atoms with E-state index >= 15 is 0 Å². The molecule has 0 spiro atoms. The fraction of sp³-hybridized carbons (Fsp3) is 0.391. The minimum absolute atomic E-state index is 0.0656. The summed E-state index contributed by atoms with van der Waals surface area (Å²) in [6.45, 7) is 7.75. The third kappa shape index (κ3) is 3.49. The average molecular weight is 377 g/mol. The molecule has 28 heavy (non-hydrogen) atoms. The number of nitrogens with zero attached hydrogens (tertiary/aromatic N) is 2. The molecule has 0 atom stereocenters. The fourth-order valence-electron chi connectivity index (χ4n) is 4.10. The van der Waals surface area contributed by atoms with Crippen LogP contribution in [0.4, 0.5) is 0 Å². The number of rotatable bonds is 4. The van der Waals surface area contributed by atoms with Crippen molar-refractivity contribution in [3.63, 3.8) is 0 Å². The first-order chi connectivity index (χ1) is 13.5. The molecule has 1 saturated heterocycles. The maximum absolute atomic E-state index is 12.7. The van der Waals surface area contributed by atoms with Gasteiger partial charge in [0.15, 0.2) is 6.61 Å². The van der Waals surface area contributed by atoms with Crippen molar-refractivity contribution >= 4 is 16.9 Å². The van der Waals surface area contributed by atoms with E-state index in [9.17, 15) is 4.79 Å². The summed E-state index contributed by atoms with van der Waals surface area (Å²) in [6.07, 6.45) is 5.83. The first kappa shape index (κ1) is 18.5. The van der Waals surface area contributed by atoms with Crippen molar-refractivity contribution in [2.24, 2.45) is 0 Å². The van der Waals surface area contributed by atoms with E-state index < -0.39 is 0 Å². The van der Waals surface area contributed by atoms with Gasteiger partial charge in [0.2, 0.25) is 0 Å². The van der Waals surface area contributed by atoms with Crippen LogP contribution in [0.25, 0.3) is 11.0 Å². The number of amides is 1. The van der Waals surface area contributed by atoms with Gasteiger partial charge < -0.3 is 14.6 Å². The predicted octanol–water partition coefficient (Wildman–Crippen LogP) is 4.27. The van der Waals surface area contributed by atoms with Crippen molar-refractivity contribution < 1.29 is 9.53 Å². The number of ether oxygens (including phenoxy) is 1. The van der Waals surface area contributed by atoms with Crippen LogP contribution in [0.2, 0.25) is 0 Å². The van der Waals surface area contributed by atoms with E-state index in [2.05, 4.69) is 35.2 Å². The fourth-order valence-corrected chi connectivity index (χ4v) is 4.10. The number of hydrogen-bond donors (Lipinski definition) is 1. The van der Waals surface area contributed by atoms with Crippen molar-refractivity contribution in [1.29, 1.82) is 0 Å². The van der Waals surface area contributed by atoms with Gasteiger partial charge in [-0.15, -0.1) is 0 Å². The van der Waals surface area contributed by atoms with Gasteiger partial charge in [0.25, 0.3) is 5.91 Å². The Labute approximate surface area is 165 Å². The number of hydrogen-bond acceptors (Lipinski definition) is 3. The number of benzene rings is 1. The molecule has 0 bridgehead atoms. The summed E-state index contributed by atoms with van der Waals surface area (Å²) in [7, 11) is 0. The van der Waals surface area contributed by atoms with Gasteiger partial charge in [0, 0.05) is 25.5 Å². The van der Waals surface area contributed by atoms with Crippen LogP contribution in [-0.4, -0.2) is 40.5 Å². The highest BCUT2D eigenvalue weighted by Crippen LogP contribution is 2.32. The number of pyridine rings is 1. The Morgan fingerprint density at radius 3 is 2.71 bits per heavy atom. The second kappa shape index (κ2) is 7.66. The first-order valence-electron chi connectivity index (χ1n) is 9.94. The van der Waals surface area contributed by atoms with E-state index in [0.29, 0.717) is 5.92 Å². The number of piperidine rings is 1. The molecule has 2 aromatic heterocycles. The molecule has 5 heteroatoms. The molecule has 4 rings (SSSR count). The van der Waals surface area contributed by atoms with Crippen LogP contribution >= 0.6 is 0 Å². The van der Waals surface area contributed by atoms with E-state index in [1.165, 1.54) is 11.1 Å². The molecule has 0 aliphatic carbocycles. The van der Waals surface area contributed by atoms with Crippen molar-refractivity contribution in [1.82, 2.24) is 14.9 Å². The zero-order valence-electron chi connectivity index (χ0n) is 16.8. The summed E-state index contributed by atoms with van der Waals surface area (Å²) in [5, 5.41) is 0. The molecule has 1 N–H and O–H groups in total. The van der Waals surface area contributed by atoms with Gasteiger partial charge in [0.05, 0.1) is 11.0 Å². The molecule has 3 heterocycles. The molecule has 3 aromatic rings. The summed E-state index contributed by atoms with van der Waals surface area (Å²) in [6, 6.07) is 8.13. The smallest absolute Gasteiger partial charge is 0.260 e. The Morgan fingerprint density at radius 1 is 1.18 bits per heavy atom. The number of aryl methyl sites for hydroxylation is 2. The molecule has 1 amide bonds. The third-order valence-electron chi connectivity index (χ3n) is 5.97. The van der Waals surface area contributed by atoms with Crippen LogP contribution in [0.15, 0.2) is 36.7 Å². The van der Waals surface area contributed by atoms with E-state index in [-0.39, 0.29) is 12.5 Å². The highest BCUT2D eigenvalue weighted by molar-refractivity contribution is 5.80. The molecular formula is C23H27N3O2. The monoisotopic (exact) mass is 377 g/mol. The van der Waals surface area contributed by atoms with Crippen LogP contribution in [0.1, 0.15) is 41.0 Å². The molecule has 1 aliphatic heterocycles. The Hall–Kier alpha value is -2.82. The molecule has 0 unspecified atom stereocenters. The summed E-state index contributed by atoms with van der Waals surface area (Å²) in [5.74, 6) is 1.35. The van der Waals surface area contributed by atoms with Gasteiger partial charge in [-0.1, -0.05) is 12.1 Å². The zero-order chi connectivity index (χ0) is 19.7. The summed E-state index contributed by atoms with van der Waals surface area (Å²) in [4.78, 5) is 22.4. The number of fused-ring (bicyclic) bond motifs is 1. The van der Waals surface area contributed by atoms with Crippen LogP contribution < -0.4 is 4.74 Å². The van der Waals surface area contributed by atoms with E-state index in [1.807, 2.05) is 37.1 Å². The average Bonchev–Trinajstić information content (AvgIpc) is 3.15. The molecule has 5 nitrogen and oxygen atoms in total. The second-order valence-electron chi connectivity index (χ2n) is 7.74. The predicted molar refractivity (Wildman–Crippen MR) is 111 cm³/mol. The quantitative estimate of drug-likeness (QED) is 0.738. The normalized spacial score (nSPS) is 15.2. The SMILES string of the molecule is Cc1ccc(C)c(OCC(=O)N2CCC(c3c[nH]c4cccnc34)CC2)c1C. The van der Waals surface area contributed by atoms with Gasteiger partial charge in [0.1, 0.15) is 5.75 Å². The van der Waals surface area contributed by atoms with E-state index in [4.69, 9.17) is 4.74 Å². The molecule has 1 aromatic carbocycles. The van der Waals surface area contributed by atoms with Crippen LogP contribution in [0.5, 0.6) is 5.75 Å². The number of carbonyl (C=O) groups is 1. The number of aromatic nitrogens is 2. The maximum atomic E-state index is 12.7. The maximum Gasteiger partial charge on any atom is 0.260 e. The summed E-state index contributed by atoms with van der Waals surface area (Å²) >= 11 is 0. The van der Waals surface area contributed by atoms with Crippen molar-refractivity contribution in [3.8, 4) is 5.75 Å². The van der Waals surface area contributed by atoms with Gasteiger partial charge in [-0.3, -0.25) is 9.78 Å². The van der Waals surface area contributed by atoms with Crippen LogP contribution in [0, 0.1) is 20.8 Å². The largest absolute Gasteiger partial charge is 0.483 e. The zero-order valence-corrected chi connectivity index (χ0v) is 16.8. The lowest BCUT2D eigenvalue weighted by molar-refractivity contribution is -0.134. The van der Waals surface area contributed by atoms with E-state index in [0.717, 1.165) is 53.8 Å². The highest BCUT2D eigenvalue weighted by atomic mass is 16.5. The van der Waals surface area contributed by atoms with Crippen LogP contribution in [-0.2, 0) is 4.79 Å². The highest BCUT2D eigenvalue weighted by Gasteiger charge is 2.26. The topological polar surface area (TPSA) is 58.2 Å².